The van der Waals surface area contributed by atoms with Crippen LogP contribution in [-0.4, -0.2) is 6.72 Å². The molecule has 0 spiro atoms. The summed E-state index contributed by atoms with van der Waals surface area (Å²) in [6, 6.07) is 0. The topological polar surface area (TPSA) is 12.4 Å². The minimum atomic E-state index is 1.64. The normalized spacial score (nSPS) is 12.1. The predicted octanol–water partition coefficient (Wildman–Crippen LogP) is 2.33. The number of allylic oxidation sites excluding steroid dienone is 5. The zero-order valence-electron chi connectivity index (χ0n) is 5.62. The maximum atomic E-state index is 3.53. The van der Waals surface area contributed by atoms with Gasteiger partial charge in [0, 0.05) is 6.20 Å². The van der Waals surface area contributed by atoms with Gasteiger partial charge in [0.15, 0.2) is 0 Å². The molecule has 0 atom stereocenters. The number of hydrogen-bond acceptors (Lipinski definition) is 1. The fourth-order valence-electron chi connectivity index (χ4n) is 0.350. The second-order valence-electron chi connectivity index (χ2n) is 1.43. The second kappa shape index (κ2) is 6.89. The molecule has 1 heteroatoms. The Morgan fingerprint density at radius 3 is 2.33 bits per heavy atom. The first-order valence-electron chi connectivity index (χ1n) is 2.82. The molecule has 9 heavy (non-hydrogen) atoms. The zero-order valence-corrected chi connectivity index (χ0v) is 5.62. The van der Waals surface area contributed by atoms with Gasteiger partial charge in [-0.05, 0) is 19.7 Å². The Bertz CT molecular complexity index is 141. The predicted molar refractivity (Wildman–Crippen MR) is 42.6 cm³/mol. The molecule has 0 aliphatic heterocycles. The van der Waals surface area contributed by atoms with E-state index in [0.29, 0.717) is 0 Å². The van der Waals surface area contributed by atoms with Crippen molar-refractivity contribution in [3.05, 3.63) is 36.6 Å². The molecule has 0 aromatic rings. The monoisotopic (exact) mass is 121 g/mol. The molecular weight excluding hydrogens is 110 g/mol. The minimum absolute atomic E-state index is 1.64. The van der Waals surface area contributed by atoms with E-state index in [0.717, 1.165) is 0 Å². The van der Waals surface area contributed by atoms with Crippen LogP contribution in [0.15, 0.2) is 41.6 Å². The Kier molecular flexibility index (Phi) is 6.04. The van der Waals surface area contributed by atoms with E-state index in [9.17, 15) is 0 Å². The summed E-state index contributed by atoms with van der Waals surface area (Å²) in [5, 5.41) is 0. The van der Waals surface area contributed by atoms with Crippen molar-refractivity contribution in [1.29, 1.82) is 0 Å². The van der Waals surface area contributed by atoms with Gasteiger partial charge in [0.05, 0.1) is 0 Å². The highest BCUT2D eigenvalue weighted by Gasteiger charge is 1.57. The lowest BCUT2D eigenvalue weighted by Crippen LogP contribution is -1.48. The van der Waals surface area contributed by atoms with Crippen LogP contribution in [0.3, 0.4) is 0 Å². The Morgan fingerprint density at radius 1 is 1.11 bits per heavy atom. The number of nitrogens with zero attached hydrogens (tertiary/aromatic N) is 1. The lowest BCUT2D eigenvalue weighted by atomic mass is 10.4. The molecule has 0 aromatic carbocycles. The van der Waals surface area contributed by atoms with Gasteiger partial charge in [-0.15, -0.1) is 0 Å². The minimum Gasteiger partial charge on any atom is -0.273 e. The fourth-order valence-corrected chi connectivity index (χ4v) is 0.350. The van der Waals surface area contributed by atoms with Gasteiger partial charge < -0.3 is 0 Å². The first-order chi connectivity index (χ1) is 4.41. The zero-order chi connectivity index (χ0) is 6.95. The summed E-state index contributed by atoms with van der Waals surface area (Å²) < 4.78 is 0. The van der Waals surface area contributed by atoms with Gasteiger partial charge in [0.2, 0.25) is 0 Å². The second-order valence-corrected chi connectivity index (χ2v) is 1.43. The summed E-state index contributed by atoms with van der Waals surface area (Å²) in [6.45, 7) is 5.26. The SMILES string of the molecule is C=N/C=C/C=C/C=C\C. The van der Waals surface area contributed by atoms with Crippen molar-refractivity contribution in [2.45, 2.75) is 6.92 Å². The van der Waals surface area contributed by atoms with Crippen LogP contribution in [0.4, 0.5) is 0 Å². The standard InChI is InChI=1S/C8H11N/c1-3-4-5-6-7-8-9-2/h3-8H,2H2,1H3/b4-3-,6-5+,8-7+. The Morgan fingerprint density at radius 2 is 1.78 bits per heavy atom. The van der Waals surface area contributed by atoms with Crippen LogP contribution in [-0.2, 0) is 0 Å². The average Bonchev–Trinajstić information content (AvgIpc) is 1.89. The average molecular weight is 121 g/mol. The highest BCUT2D eigenvalue weighted by atomic mass is 14.6. The molecule has 0 aromatic heterocycles. The van der Waals surface area contributed by atoms with E-state index in [4.69, 9.17) is 0 Å². The quantitative estimate of drug-likeness (QED) is 0.401. The van der Waals surface area contributed by atoms with Crippen molar-refractivity contribution in [3.8, 4) is 0 Å². The van der Waals surface area contributed by atoms with Crippen molar-refractivity contribution >= 4 is 6.72 Å². The molecular formula is C8H11N. The number of hydrogen-bond donors (Lipinski definition) is 0. The van der Waals surface area contributed by atoms with Gasteiger partial charge in [-0.3, -0.25) is 4.99 Å². The van der Waals surface area contributed by atoms with E-state index >= 15 is 0 Å². The molecule has 0 heterocycles. The summed E-state index contributed by atoms with van der Waals surface area (Å²) in [5.74, 6) is 0. The summed E-state index contributed by atoms with van der Waals surface area (Å²) in [7, 11) is 0. The molecule has 0 N–H and O–H groups in total. The first kappa shape index (κ1) is 7.89. The molecule has 0 saturated heterocycles. The van der Waals surface area contributed by atoms with Crippen LogP contribution in [0.25, 0.3) is 0 Å². The smallest absolute Gasteiger partial charge is 0.0260 e. The van der Waals surface area contributed by atoms with Crippen molar-refractivity contribution in [1.82, 2.24) is 0 Å². The van der Waals surface area contributed by atoms with Crippen molar-refractivity contribution in [2.24, 2.45) is 4.99 Å². The molecule has 0 fully saturated rings. The number of rotatable bonds is 3. The first-order valence-corrected chi connectivity index (χ1v) is 2.82. The summed E-state index contributed by atoms with van der Waals surface area (Å²) >= 11 is 0. The molecule has 0 aliphatic carbocycles. The maximum absolute atomic E-state index is 3.53. The molecule has 0 rings (SSSR count). The highest BCUT2D eigenvalue weighted by molar-refractivity contribution is 5.26. The van der Waals surface area contributed by atoms with E-state index in [1.165, 1.54) is 0 Å². The lowest BCUT2D eigenvalue weighted by Gasteiger charge is -1.69. The Balaban J connectivity index is 3.46. The van der Waals surface area contributed by atoms with Crippen molar-refractivity contribution in [2.75, 3.05) is 0 Å². The van der Waals surface area contributed by atoms with E-state index < -0.39 is 0 Å². The molecule has 0 saturated carbocycles. The van der Waals surface area contributed by atoms with Crippen LogP contribution in [0.2, 0.25) is 0 Å². The maximum Gasteiger partial charge on any atom is 0.0260 e. The molecule has 0 unspecified atom stereocenters. The molecule has 48 valence electrons. The summed E-state index contributed by atoms with van der Waals surface area (Å²) in [5.41, 5.74) is 0. The molecule has 0 bridgehead atoms. The van der Waals surface area contributed by atoms with Gasteiger partial charge in [-0.1, -0.05) is 24.3 Å². The van der Waals surface area contributed by atoms with Crippen molar-refractivity contribution < 1.29 is 0 Å². The van der Waals surface area contributed by atoms with Gasteiger partial charge in [-0.2, -0.15) is 0 Å². The number of aliphatic imine (C=N–C) groups is 1. The van der Waals surface area contributed by atoms with E-state index in [2.05, 4.69) is 11.7 Å². The fraction of sp³-hybridized carbons (Fsp3) is 0.125. The molecule has 0 aliphatic rings. The van der Waals surface area contributed by atoms with Gasteiger partial charge in [0.1, 0.15) is 0 Å². The van der Waals surface area contributed by atoms with Gasteiger partial charge in [-0.25, -0.2) is 0 Å². The molecule has 0 radical (unpaired) electrons. The van der Waals surface area contributed by atoms with E-state index in [1.54, 1.807) is 6.20 Å². The third-order valence-electron chi connectivity index (χ3n) is 0.717. The van der Waals surface area contributed by atoms with Crippen LogP contribution < -0.4 is 0 Å². The third kappa shape index (κ3) is 6.89. The molecule has 0 amide bonds. The van der Waals surface area contributed by atoms with E-state index in [1.807, 2.05) is 37.3 Å². The highest BCUT2D eigenvalue weighted by Crippen LogP contribution is 1.78. The van der Waals surface area contributed by atoms with Crippen LogP contribution in [0.5, 0.6) is 0 Å². The lowest BCUT2D eigenvalue weighted by molar-refractivity contribution is 1.61. The van der Waals surface area contributed by atoms with Crippen LogP contribution in [0, 0.1) is 0 Å². The largest absolute Gasteiger partial charge is 0.273 e. The van der Waals surface area contributed by atoms with E-state index in [-0.39, 0.29) is 0 Å². The van der Waals surface area contributed by atoms with Crippen LogP contribution in [0.1, 0.15) is 6.92 Å². The van der Waals surface area contributed by atoms with Gasteiger partial charge in [0.25, 0.3) is 0 Å². The Hall–Kier alpha value is -1.11. The summed E-state index contributed by atoms with van der Waals surface area (Å²) in [4.78, 5) is 3.53. The Labute approximate surface area is 56.1 Å². The van der Waals surface area contributed by atoms with Crippen molar-refractivity contribution in [3.63, 3.8) is 0 Å². The molecule has 1 nitrogen and oxygen atoms in total. The third-order valence-corrected chi connectivity index (χ3v) is 0.717. The van der Waals surface area contributed by atoms with Gasteiger partial charge >= 0.3 is 0 Å². The summed E-state index contributed by atoms with van der Waals surface area (Å²) in [6.07, 6.45) is 11.2. The van der Waals surface area contributed by atoms with Crippen LogP contribution >= 0.6 is 0 Å².